The Labute approximate surface area is 86.9 Å². The Hall–Kier alpha value is -2.02. The molecule has 0 unspecified atom stereocenters. The standard InChI is InChI=1S/C14H9N/c1-2-10-4-5-12-7-9-15-8-6-11(3-1)13(10)14(12)15/h1-9H. The Morgan fingerprint density at radius 1 is 0.667 bits per heavy atom. The van der Waals surface area contributed by atoms with Gasteiger partial charge in [-0.3, -0.25) is 0 Å². The fourth-order valence-corrected chi connectivity index (χ4v) is 2.48. The van der Waals surface area contributed by atoms with Gasteiger partial charge in [0.25, 0.3) is 0 Å². The highest BCUT2D eigenvalue weighted by molar-refractivity contribution is 6.14. The molecule has 0 aliphatic rings. The second-order valence-electron chi connectivity index (χ2n) is 3.99. The van der Waals surface area contributed by atoms with Gasteiger partial charge in [-0.05, 0) is 22.9 Å². The van der Waals surface area contributed by atoms with Crippen molar-refractivity contribution in [2.24, 2.45) is 0 Å². The first-order valence-electron chi connectivity index (χ1n) is 5.14. The minimum atomic E-state index is 1.32. The summed E-state index contributed by atoms with van der Waals surface area (Å²) < 4.78 is 2.20. The molecule has 0 aliphatic carbocycles. The van der Waals surface area contributed by atoms with Crippen LogP contribution in [0.25, 0.3) is 27.1 Å². The van der Waals surface area contributed by atoms with Crippen LogP contribution in [-0.4, -0.2) is 4.40 Å². The predicted molar refractivity (Wildman–Crippen MR) is 63.6 cm³/mol. The van der Waals surface area contributed by atoms with Gasteiger partial charge in [0.1, 0.15) is 0 Å². The molecule has 1 nitrogen and oxygen atoms in total. The summed E-state index contributed by atoms with van der Waals surface area (Å²) in [5.74, 6) is 0. The average molecular weight is 191 g/mol. The Morgan fingerprint density at radius 3 is 2.20 bits per heavy atom. The van der Waals surface area contributed by atoms with Crippen LogP contribution < -0.4 is 0 Å². The highest BCUT2D eigenvalue weighted by Gasteiger charge is 2.06. The zero-order valence-corrected chi connectivity index (χ0v) is 8.14. The molecular weight excluding hydrogens is 182 g/mol. The van der Waals surface area contributed by atoms with Gasteiger partial charge >= 0.3 is 0 Å². The smallest absolute Gasteiger partial charge is 0.0606 e. The zero-order valence-electron chi connectivity index (χ0n) is 8.14. The van der Waals surface area contributed by atoms with E-state index in [1.807, 2.05) is 0 Å². The Bertz CT molecular complexity index is 704. The van der Waals surface area contributed by atoms with Gasteiger partial charge in [-0.25, -0.2) is 0 Å². The maximum absolute atomic E-state index is 2.20. The van der Waals surface area contributed by atoms with Crippen LogP contribution in [0.5, 0.6) is 0 Å². The number of benzene rings is 2. The quantitative estimate of drug-likeness (QED) is 0.399. The fourth-order valence-electron chi connectivity index (χ4n) is 2.48. The lowest BCUT2D eigenvalue weighted by atomic mass is 10.0. The largest absolute Gasteiger partial charge is 0.323 e. The number of nitrogens with zero attached hydrogens (tertiary/aromatic N) is 1. The number of hydrogen-bond acceptors (Lipinski definition) is 0. The zero-order chi connectivity index (χ0) is 9.83. The van der Waals surface area contributed by atoms with E-state index in [0.29, 0.717) is 0 Å². The van der Waals surface area contributed by atoms with Crippen molar-refractivity contribution in [2.75, 3.05) is 0 Å². The molecule has 4 aromatic rings. The molecule has 0 saturated heterocycles. The van der Waals surface area contributed by atoms with Gasteiger partial charge in [0.2, 0.25) is 0 Å². The van der Waals surface area contributed by atoms with Crippen LogP contribution >= 0.6 is 0 Å². The van der Waals surface area contributed by atoms with Gasteiger partial charge in [-0.15, -0.1) is 0 Å². The summed E-state index contributed by atoms with van der Waals surface area (Å²) in [7, 11) is 0. The summed E-state index contributed by atoms with van der Waals surface area (Å²) in [5, 5.41) is 5.34. The molecule has 70 valence electrons. The fraction of sp³-hybridized carbons (Fsp3) is 0. The third-order valence-corrected chi connectivity index (χ3v) is 3.17. The van der Waals surface area contributed by atoms with E-state index in [1.54, 1.807) is 0 Å². The van der Waals surface area contributed by atoms with Crippen molar-refractivity contribution in [1.29, 1.82) is 0 Å². The summed E-state index contributed by atoms with van der Waals surface area (Å²) >= 11 is 0. The average Bonchev–Trinajstić information content (AvgIpc) is 2.71. The normalized spacial score (nSPS) is 12.0. The minimum absolute atomic E-state index is 1.32. The molecule has 4 rings (SSSR count). The van der Waals surface area contributed by atoms with E-state index < -0.39 is 0 Å². The maximum atomic E-state index is 2.20. The van der Waals surface area contributed by atoms with Crippen molar-refractivity contribution in [3.63, 3.8) is 0 Å². The third-order valence-electron chi connectivity index (χ3n) is 3.17. The van der Waals surface area contributed by atoms with Gasteiger partial charge in [0.05, 0.1) is 5.52 Å². The van der Waals surface area contributed by atoms with E-state index in [0.717, 1.165) is 0 Å². The summed E-state index contributed by atoms with van der Waals surface area (Å²) in [6.07, 6.45) is 4.25. The van der Waals surface area contributed by atoms with Crippen molar-refractivity contribution in [3.05, 3.63) is 54.9 Å². The highest BCUT2D eigenvalue weighted by atomic mass is 14.9. The molecule has 0 radical (unpaired) electrons. The van der Waals surface area contributed by atoms with Gasteiger partial charge in [0, 0.05) is 23.2 Å². The van der Waals surface area contributed by atoms with Crippen LogP contribution in [0.15, 0.2) is 54.9 Å². The number of rotatable bonds is 0. The first-order valence-corrected chi connectivity index (χ1v) is 5.14. The maximum Gasteiger partial charge on any atom is 0.0606 e. The van der Waals surface area contributed by atoms with Crippen molar-refractivity contribution >= 4 is 27.1 Å². The summed E-state index contributed by atoms with van der Waals surface area (Å²) in [5.41, 5.74) is 1.34. The van der Waals surface area contributed by atoms with Gasteiger partial charge in [-0.2, -0.15) is 0 Å². The second kappa shape index (κ2) is 2.31. The van der Waals surface area contributed by atoms with Crippen LogP contribution in [-0.2, 0) is 0 Å². The van der Waals surface area contributed by atoms with Crippen molar-refractivity contribution in [1.82, 2.24) is 4.40 Å². The molecule has 0 saturated carbocycles. The monoisotopic (exact) mass is 191 g/mol. The topological polar surface area (TPSA) is 4.41 Å². The van der Waals surface area contributed by atoms with E-state index in [2.05, 4.69) is 59.3 Å². The van der Waals surface area contributed by atoms with Crippen molar-refractivity contribution in [3.8, 4) is 0 Å². The molecule has 0 bridgehead atoms. The Kier molecular flexibility index (Phi) is 1.13. The summed E-state index contributed by atoms with van der Waals surface area (Å²) in [4.78, 5) is 0. The SMILES string of the molecule is c1cc2ccc3ccn4ccc(c1)c2c34. The molecular formula is C14H9N. The van der Waals surface area contributed by atoms with Crippen LogP contribution in [0.4, 0.5) is 0 Å². The van der Waals surface area contributed by atoms with E-state index in [4.69, 9.17) is 0 Å². The summed E-state index contributed by atoms with van der Waals surface area (Å²) in [6.45, 7) is 0. The third kappa shape index (κ3) is 0.785. The lowest BCUT2D eigenvalue weighted by molar-refractivity contribution is 1.22. The molecule has 2 aromatic carbocycles. The molecule has 2 heterocycles. The highest BCUT2D eigenvalue weighted by Crippen LogP contribution is 2.30. The lowest BCUT2D eigenvalue weighted by Gasteiger charge is -2.06. The lowest BCUT2D eigenvalue weighted by Crippen LogP contribution is -1.85. The second-order valence-corrected chi connectivity index (χ2v) is 3.99. The molecule has 0 N–H and O–H groups in total. The van der Waals surface area contributed by atoms with Gasteiger partial charge in [-0.1, -0.05) is 30.3 Å². The molecule has 0 atom stereocenters. The Morgan fingerprint density at radius 2 is 1.33 bits per heavy atom. The van der Waals surface area contributed by atoms with Crippen molar-refractivity contribution in [2.45, 2.75) is 0 Å². The van der Waals surface area contributed by atoms with Crippen LogP contribution in [0.1, 0.15) is 0 Å². The van der Waals surface area contributed by atoms with Crippen molar-refractivity contribution < 1.29 is 0 Å². The number of hydrogen-bond donors (Lipinski definition) is 0. The molecule has 2 aromatic heterocycles. The molecule has 15 heavy (non-hydrogen) atoms. The molecule has 0 amide bonds. The van der Waals surface area contributed by atoms with Crippen LogP contribution in [0, 0.1) is 0 Å². The van der Waals surface area contributed by atoms with Crippen LogP contribution in [0.3, 0.4) is 0 Å². The number of aromatic nitrogens is 1. The minimum Gasteiger partial charge on any atom is -0.323 e. The van der Waals surface area contributed by atoms with E-state index in [9.17, 15) is 0 Å². The number of pyridine rings is 1. The first kappa shape index (κ1) is 7.30. The first-order chi connectivity index (χ1) is 7.43. The molecule has 0 spiro atoms. The molecule has 0 aliphatic heterocycles. The molecule has 0 fully saturated rings. The van der Waals surface area contributed by atoms with E-state index >= 15 is 0 Å². The molecule has 1 heteroatoms. The van der Waals surface area contributed by atoms with Crippen LogP contribution in [0.2, 0.25) is 0 Å². The Balaban J connectivity index is 2.54. The van der Waals surface area contributed by atoms with Gasteiger partial charge in [0.15, 0.2) is 0 Å². The van der Waals surface area contributed by atoms with Gasteiger partial charge < -0.3 is 4.40 Å². The predicted octanol–water partition coefficient (Wildman–Crippen LogP) is 3.68. The summed E-state index contributed by atoms with van der Waals surface area (Å²) in [6, 6.07) is 15.2. The van der Waals surface area contributed by atoms with E-state index in [-0.39, 0.29) is 0 Å². The van der Waals surface area contributed by atoms with E-state index in [1.165, 1.54) is 27.1 Å².